The first kappa shape index (κ1) is 11.5. The van der Waals surface area contributed by atoms with Crippen molar-refractivity contribution in [3.8, 4) is 0 Å². The van der Waals surface area contributed by atoms with Crippen LogP contribution >= 0.6 is 0 Å². The number of hydrogen-bond acceptors (Lipinski definition) is 3. The Hall–Kier alpha value is -1.55. The van der Waals surface area contributed by atoms with Crippen LogP contribution in [0.3, 0.4) is 0 Å². The standard InChI is InChI=1S/C14H19N3O/c1-8(18)13-16-10-6-9(15)4-5-11(10)17(13)12-7-14(12,2)3/h4-6,8,12,18H,7,15H2,1-3H3. The highest BCUT2D eigenvalue weighted by atomic mass is 16.3. The minimum atomic E-state index is -0.560. The van der Waals surface area contributed by atoms with Gasteiger partial charge in [-0.25, -0.2) is 4.98 Å². The summed E-state index contributed by atoms with van der Waals surface area (Å²) in [6.07, 6.45) is 0.567. The first-order chi connectivity index (χ1) is 8.40. The van der Waals surface area contributed by atoms with Crippen LogP contribution in [0.5, 0.6) is 0 Å². The number of benzene rings is 1. The molecule has 2 unspecified atom stereocenters. The van der Waals surface area contributed by atoms with E-state index in [1.54, 1.807) is 6.92 Å². The maximum atomic E-state index is 9.91. The molecule has 2 atom stereocenters. The van der Waals surface area contributed by atoms with E-state index < -0.39 is 6.10 Å². The van der Waals surface area contributed by atoms with E-state index in [1.165, 1.54) is 0 Å². The van der Waals surface area contributed by atoms with Gasteiger partial charge in [0.15, 0.2) is 0 Å². The van der Waals surface area contributed by atoms with Crippen LogP contribution in [-0.2, 0) is 0 Å². The number of anilines is 1. The lowest BCUT2D eigenvalue weighted by atomic mass is 10.2. The Morgan fingerprint density at radius 3 is 2.72 bits per heavy atom. The normalized spacial score (nSPS) is 23.2. The van der Waals surface area contributed by atoms with Gasteiger partial charge in [0, 0.05) is 11.7 Å². The second-order valence-corrected chi connectivity index (χ2v) is 5.97. The van der Waals surface area contributed by atoms with Crippen molar-refractivity contribution in [3.05, 3.63) is 24.0 Å². The third kappa shape index (κ3) is 1.60. The zero-order valence-corrected chi connectivity index (χ0v) is 11.0. The smallest absolute Gasteiger partial charge is 0.138 e. The van der Waals surface area contributed by atoms with Crippen LogP contribution < -0.4 is 5.73 Å². The Balaban J connectivity index is 2.23. The van der Waals surface area contributed by atoms with Gasteiger partial charge < -0.3 is 15.4 Å². The molecular formula is C14H19N3O. The summed E-state index contributed by atoms with van der Waals surface area (Å²) in [4.78, 5) is 4.53. The van der Waals surface area contributed by atoms with Crippen molar-refractivity contribution in [1.29, 1.82) is 0 Å². The van der Waals surface area contributed by atoms with E-state index in [0.29, 0.717) is 17.1 Å². The average Bonchev–Trinajstić information content (AvgIpc) is 2.74. The van der Waals surface area contributed by atoms with Crippen molar-refractivity contribution in [2.75, 3.05) is 5.73 Å². The minimum absolute atomic E-state index is 0.290. The lowest BCUT2D eigenvalue weighted by Crippen LogP contribution is -2.08. The van der Waals surface area contributed by atoms with Gasteiger partial charge in [0.05, 0.1) is 11.0 Å². The highest BCUT2D eigenvalue weighted by molar-refractivity contribution is 5.80. The number of aromatic nitrogens is 2. The molecule has 1 heterocycles. The summed E-state index contributed by atoms with van der Waals surface area (Å²) >= 11 is 0. The molecule has 1 aromatic heterocycles. The Labute approximate surface area is 106 Å². The van der Waals surface area contributed by atoms with Crippen LogP contribution in [0.4, 0.5) is 5.69 Å². The molecule has 4 nitrogen and oxygen atoms in total. The predicted octanol–water partition coefficient (Wildman–Crippen LogP) is 2.64. The largest absolute Gasteiger partial charge is 0.399 e. The molecule has 1 fully saturated rings. The number of aliphatic hydroxyl groups excluding tert-OH is 1. The molecule has 3 N–H and O–H groups in total. The maximum Gasteiger partial charge on any atom is 0.138 e. The third-order valence-electron chi connectivity index (χ3n) is 3.89. The van der Waals surface area contributed by atoms with E-state index in [-0.39, 0.29) is 0 Å². The lowest BCUT2D eigenvalue weighted by Gasteiger charge is -2.12. The number of rotatable bonds is 2. The van der Waals surface area contributed by atoms with Crippen molar-refractivity contribution in [2.24, 2.45) is 5.41 Å². The van der Waals surface area contributed by atoms with Crippen molar-refractivity contribution < 1.29 is 5.11 Å². The zero-order valence-electron chi connectivity index (χ0n) is 11.0. The number of hydrogen-bond donors (Lipinski definition) is 2. The fourth-order valence-electron chi connectivity index (χ4n) is 2.64. The molecule has 0 aliphatic heterocycles. The van der Waals surface area contributed by atoms with Gasteiger partial charge in [-0.1, -0.05) is 13.8 Å². The summed E-state index contributed by atoms with van der Waals surface area (Å²) in [7, 11) is 0. The SMILES string of the molecule is CC(O)c1nc2cc(N)ccc2n1C1CC1(C)C. The molecule has 0 radical (unpaired) electrons. The molecular weight excluding hydrogens is 226 g/mol. The number of nitrogens with two attached hydrogens (primary N) is 1. The summed E-state index contributed by atoms with van der Waals surface area (Å²) in [6, 6.07) is 6.18. The molecule has 0 bridgehead atoms. The van der Waals surface area contributed by atoms with Crippen molar-refractivity contribution in [1.82, 2.24) is 9.55 Å². The molecule has 0 spiro atoms. The molecule has 0 saturated heterocycles. The fraction of sp³-hybridized carbons (Fsp3) is 0.500. The van der Waals surface area contributed by atoms with Gasteiger partial charge in [-0.15, -0.1) is 0 Å². The molecule has 1 aliphatic carbocycles. The van der Waals surface area contributed by atoms with Crippen LogP contribution in [-0.4, -0.2) is 14.7 Å². The van der Waals surface area contributed by atoms with Gasteiger partial charge in [-0.3, -0.25) is 0 Å². The molecule has 3 rings (SSSR count). The molecule has 0 amide bonds. The Kier molecular flexibility index (Phi) is 2.23. The van der Waals surface area contributed by atoms with Crippen LogP contribution in [0.25, 0.3) is 11.0 Å². The third-order valence-corrected chi connectivity index (χ3v) is 3.89. The summed E-state index contributed by atoms with van der Waals surface area (Å²) in [5.41, 5.74) is 8.73. The quantitative estimate of drug-likeness (QED) is 0.799. The monoisotopic (exact) mass is 245 g/mol. The van der Waals surface area contributed by atoms with Crippen LogP contribution in [0.15, 0.2) is 18.2 Å². The first-order valence-corrected chi connectivity index (χ1v) is 6.35. The Morgan fingerprint density at radius 1 is 1.50 bits per heavy atom. The molecule has 1 aromatic carbocycles. The van der Waals surface area contributed by atoms with Gasteiger partial charge in [0.1, 0.15) is 11.9 Å². The Bertz CT molecular complexity index is 613. The van der Waals surface area contributed by atoms with Crippen LogP contribution in [0.2, 0.25) is 0 Å². The second-order valence-electron chi connectivity index (χ2n) is 5.97. The topological polar surface area (TPSA) is 64.1 Å². The summed E-state index contributed by atoms with van der Waals surface area (Å²) in [5, 5.41) is 9.91. The van der Waals surface area contributed by atoms with Gasteiger partial charge in [0.25, 0.3) is 0 Å². The number of aliphatic hydroxyl groups is 1. The maximum absolute atomic E-state index is 9.91. The number of nitrogen functional groups attached to an aromatic ring is 1. The first-order valence-electron chi connectivity index (χ1n) is 6.35. The van der Waals surface area contributed by atoms with Crippen molar-refractivity contribution in [3.63, 3.8) is 0 Å². The molecule has 18 heavy (non-hydrogen) atoms. The average molecular weight is 245 g/mol. The van der Waals surface area contributed by atoms with Crippen molar-refractivity contribution in [2.45, 2.75) is 39.3 Å². The minimum Gasteiger partial charge on any atom is -0.399 e. The fourth-order valence-corrected chi connectivity index (χ4v) is 2.64. The summed E-state index contributed by atoms with van der Waals surface area (Å²) < 4.78 is 2.18. The Morgan fingerprint density at radius 2 is 2.17 bits per heavy atom. The highest BCUT2D eigenvalue weighted by Crippen LogP contribution is 2.57. The van der Waals surface area contributed by atoms with E-state index in [2.05, 4.69) is 23.4 Å². The van der Waals surface area contributed by atoms with Crippen LogP contribution in [0.1, 0.15) is 45.2 Å². The number of fused-ring (bicyclic) bond motifs is 1. The van der Waals surface area contributed by atoms with E-state index in [9.17, 15) is 5.11 Å². The second kappa shape index (κ2) is 3.48. The van der Waals surface area contributed by atoms with Gasteiger partial charge in [0.2, 0.25) is 0 Å². The summed E-state index contributed by atoms with van der Waals surface area (Å²) in [5.74, 6) is 0.742. The number of imidazole rings is 1. The predicted molar refractivity (Wildman–Crippen MR) is 72.2 cm³/mol. The molecule has 1 aliphatic rings. The lowest BCUT2D eigenvalue weighted by molar-refractivity contribution is 0.183. The zero-order chi connectivity index (χ0) is 13.1. The molecule has 96 valence electrons. The molecule has 4 heteroatoms. The van der Waals surface area contributed by atoms with Gasteiger partial charge >= 0.3 is 0 Å². The van der Waals surface area contributed by atoms with Gasteiger partial charge in [-0.2, -0.15) is 0 Å². The van der Waals surface area contributed by atoms with Crippen molar-refractivity contribution >= 4 is 16.7 Å². The van der Waals surface area contributed by atoms with E-state index in [4.69, 9.17) is 5.73 Å². The van der Waals surface area contributed by atoms with E-state index >= 15 is 0 Å². The van der Waals surface area contributed by atoms with E-state index in [0.717, 1.165) is 23.3 Å². The molecule has 1 saturated carbocycles. The van der Waals surface area contributed by atoms with Crippen LogP contribution in [0, 0.1) is 5.41 Å². The number of nitrogens with zero attached hydrogens (tertiary/aromatic N) is 2. The van der Waals surface area contributed by atoms with Gasteiger partial charge in [-0.05, 0) is 37.0 Å². The van der Waals surface area contributed by atoms with E-state index in [1.807, 2.05) is 18.2 Å². The highest BCUT2D eigenvalue weighted by Gasteiger charge is 2.48. The summed E-state index contributed by atoms with van der Waals surface area (Å²) in [6.45, 7) is 6.25. The molecule has 2 aromatic rings.